The summed E-state index contributed by atoms with van der Waals surface area (Å²) in [6.45, 7) is 3.16. The van der Waals surface area contributed by atoms with Crippen molar-refractivity contribution in [3.8, 4) is 0 Å². The van der Waals surface area contributed by atoms with Gasteiger partial charge in [-0.05, 0) is 37.6 Å². The summed E-state index contributed by atoms with van der Waals surface area (Å²) < 4.78 is 26.6. The molecule has 21 heavy (non-hydrogen) atoms. The second kappa shape index (κ2) is 5.82. The zero-order valence-corrected chi connectivity index (χ0v) is 11.4. The highest BCUT2D eigenvalue weighted by Crippen LogP contribution is 2.19. The molecule has 110 valence electrons. The van der Waals surface area contributed by atoms with Crippen LogP contribution in [0.1, 0.15) is 27.2 Å². The van der Waals surface area contributed by atoms with E-state index in [1.807, 2.05) is 0 Å². The van der Waals surface area contributed by atoms with Crippen molar-refractivity contribution >= 4 is 11.8 Å². The largest absolute Gasteiger partial charge is 0.478 e. The van der Waals surface area contributed by atoms with E-state index in [9.17, 15) is 18.7 Å². The van der Waals surface area contributed by atoms with Crippen LogP contribution in [0.4, 0.5) is 14.6 Å². The van der Waals surface area contributed by atoms with Crippen LogP contribution in [0.25, 0.3) is 0 Å². The van der Waals surface area contributed by atoms with Gasteiger partial charge in [-0.25, -0.2) is 13.6 Å². The molecule has 0 aliphatic rings. The molecule has 0 amide bonds. The summed E-state index contributed by atoms with van der Waals surface area (Å²) in [5.74, 6) is -2.29. The topological polar surface area (TPSA) is 75.1 Å². The number of nitrogens with one attached hydrogen (secondary N) is 1. The number of aromatic nitrogens is 2. The predicted octanol–water partition coefficient (Wildman–Crippen LogP) is 2.68. The van der Waals surface area contributed by atoms with Gasteiger partial charge in [-0.1, -0.05) is 0 Å². The minimum absolute atomic E-state index is 0.0225. The van der Waals surface area contributed by atoms with Gasteiger partial charge in [-0.3, -0.25) is 0 Å². The number of hydrogen-bond donors (Lipinski definition) is 2. The number of halogens is 2. The molecule has 0 atom stereocenters. The zero-order chi connectivity index (χ0) is 15.6. The van der Waals surface area contributed by atoms with Gasteiger partial charge in [0.1, 0.15) is 17.2 Å². The standard InChI is InChI=1S/C14H13F2N3O2/c1-7-8(2)18-19-13(12(7)14(20)21)17-6-9-5-10(15)3-4-11(9)16/h3-5H,6H2,1-2H3,(H,17,19)(H,20,21). The van der Waals surface area contributed by atoms with Crippen molar-refractivity contribution in [3.05, 3.63) is 52.2 Å². The van der Waals surface area contributed by atoms with Gasteiger partial charge in [0.15, 0.2) is 5.82 Å². The molecule has 0 bridgehead atoms. The Hall–Kier alpha value is -2.57. The molecular weight excluding hydrogens is 280 g/mol. The second-order valence-corrected chi connectivity index (χ2v) is 4.53. The van der Waals surface area contributed by atoms with Gasteiger partial charge in [0, 0.05) is 12.1 Å². The fourth-order valence-corrected chi connectivity index (χ4v) is 1.85. The second-order valence-electron chi connectivity index (χ2n) is 4.53. The lowest BCUT2D eigenvalue weighted by molar-refractivity contribution is 0.0696. The van der Waals surface area contributed by atoms with E-state index in [1.54, 1.807) is 13.8 Å². The summed E-state index contributed by atoms with van der Waals surface area (Å²) in [5, 5.41) is 19.5. The average Bonchev–Trinajstić information content (AvgIpc) is 2.43. The molecule has 7 heteroatoms. The maximum Gasteiger partial charge on any atom is 0.339 e. The first-order valence-corrected chi connectivity index (χ1v) is 6.15. The van der Waals surface area contributed by atoms with Crippen molar-refractivity contribution in [1.82, 2.24) is 10.2 Å². The lowest BCUT2D eigenvalue weighted by Crippen LogP contribution is -2.13. The van der Waals surface area contributed by atoms with E-state index in [4.69, 9.17) is 0 Å². The molecule has 0 aliphatic carbocycles. The number of aryl methyl sites for hydroxylation is 1. The molecular formula is C14H13F2N3O2. The van der Waals surface area contributed by atoms with Crippen LogP contribution in [-0.2, 0) is 6.54 Å². The van der Waals surface area contributed by atoms with Crippen LogP contribution in [0.5, 0.6) is 0 Å². The molecule has 0 saturated heterocycles. The summed E-state index contributed by atoms with van der Waals surface area (Å²) >= 11 is 0. The number of aromatic carboxylic acids is 1. The maximum absolute atomic E-state index is 13.5. The van der Waals surface area contributed by atoms with Crippen molar-refractivity contribution < 1.29 is 18.7 Å². The van der Waals surface area contributed by atoms with Crippen LogP contribution in [0, 0.1) is 25.5 Å². The van der Waals surface area contributed by atoms with Gasteiger partial charge in [0.05, 0.1) is 5.69 Å². The molecule has 0 radical (unpaired) electrons. The zero-order valence-electron chi connectivity index (χ0n) is 11.4. The third kappa shape index (κ3) is 3.13. The first kappa shape index (κ1) is 14.8. The lowest BCUT2D eigenvalue weighted by Gasteiger charge is -2.11. The Balaban J connectivity index is 2.30. The summed E-state index contributed by atoms with van der Waals surface area (Å²) in [5.41, 5.74) is 1.01. The molecule has 2 aromatic rings. The molecule has 2 N–H and O–H groups in total. The van der Waals surface area contributed by atoms with Crippen molar-refractivity contribution in [3.63, 3.8) is 0 Å². The van der Waals surface area contributed by atoms with E-state index in [1.165, 1.54) is 0 Å². The molecule has 0 spiro atoms. The number of hydrogen-bond acceptors (Lipinski definition) is 4. The Morgan fingerprint density at radius 1 is 1.29 bits per heavy atom. The molecule has 5 nitrogen and oxygen atoms in total. The molecule has 2 rings (SSSR count). The smallest absolute Gasteiger partial charge is 0.339 e. The van der Waals surface area contributed by atoms with Crippen LogP contribution < -0.4 is 5.32 Å². The third-order valence-corrected chi connectivity index (χ3v) is 3.12. The number of carbonyl (C=O) groups is 1. The number of benzene rings is 1. The molecule has 0 fully saturated rings. The first-order chi connectivity index (χ1) is 9.90. The summed E-state index contributed by atoms with van der Waals surface area (Å²) in [7, 11) is 0. The average molecular weight is 293 g/mol. The van der Waals surface area contributed by atoms with Crippen LogP contribution >= 0.6 is 0 Å². The molecule has 1 aromatic carbocycles. The highest BCUT2D eigenvalue weighted by atomic mass is 19.1. The minimum Gasteiger partial charge on any atom is -0.478 e. The minimum atomic E-state index is -1.16. The van der Waals surface area contributed by atoms with E-state index in [0.29, 0.717) is 11.3 Å². The molecule has 1 heterocycles. The van der Waals surface area contributed by atoms with Gasteiger partial charge in [-0.15, -0.1) is 5.10 Å². The van der Waals surface area contributed by atoms with Gasteiger partial charge < -0.3 is 10.4 Å². The Bertz CT molecular complexity index is 705. The van der Waals surface area contributed by atoms with E-state index in [0.717, 1.165) is 18.2 Å². The Morgan fingerprint density at radius 2 is 2.00 bits per heavy atom. The number of anilines is 1. The quantitative estimate of drug-likeness (QED) is 0.906. The van der Waals surface area contributed by atoms with Crippen molar-refractivity contribution in [1.29, 1.82) is 0 Å². The fourth-order valence-electron chi connectivity index (χ4n) is 1.85. The molecule has 0 unspecified atom stereocenters. The van der Waals surface area contributed by atoms with Gasteiger partial charge in [0.25, 0.3) is 0 Å². The molecule has 0 saturated carbocycles. The van der Waals surface area contributed by atoms with Crippen molar-refractivity contribution in [2.45, 2.75) is 20.4 Å². The van der Waals surface area contributed by atoms with Crippen LogP contribution in [0.15, 0.2) is 18.2 Å². The summed E-state index contributed by atoms with van der Waals surface area (Å²) in [6, 6.07) is 3.06. The first-order valence-electron chi connectivity index (χ1n) is 6.15. The van der Waals surface area contributed by atoms with E-state index in [-0.39, 0.29) is 23.5 Å². The highest BCUT2D eigenvalue weighted by Gasteiger charge is 2.17. The van der Waals surface area contributed by atoms with E-state index < -0.39 is 17.6 Å². The summed E-state index contributed by atoms with van der Waals surface area (Å²) in [4.78, 5) is 11.3. The fraction of sp³-hybridized carbons (Fsp3) is 0.214. The van der Waals surface area contributed by atoms with Gasteiger partial charge in [0.2, 0.25) is 0 Å². The molecule has 1 aromatic heterocycles. The third-order valence-electron chi connectivity index (χ3n) is 3.12. The summed E-state index contributed by atoms with van der Waals surface area (Å²) in [6.07, 6.45) is 0. The number of carboxylic acid groups (broad SMARTS) is 1. The Morgan fingerprint density at radius 3 is 2.67 bits per heavy atom. The number of nitrogens with zero attached hydrogens (tertiary/aromatic N) is 2. The SMILES string of the molecule is Cc1nnc(NCc2cc(F)ccc2F)c(C(=O)O)c1C. The highest BCUT2D eigenvalue weighted by molar-refractivity contribution is 5.94. The Kier molecular flexibility index (Phi) is 4.11. The predicted molar refractivity (Wildman–Crippen MR) is 72.2 cm³/mol. The van der Waals surface area contributed by atoms with Gasteiger partial charge >= 0.3 is 5.97 Å². The normalized spacial score (nSPS) is 10.5. The number of carboxylic acids is 1. The van der Waals surface area contributed by atoms with Crippen LogP contribution in [0.3, 0.4) is 0 Å². The number of rotatable bonds is 4. The van der Waals surface area contributed by atoms with Crippen LogP contribution in [0.2, 0.25) is 0 Å². The van der Waals surface area contributed by atoms with Gasteiger partial charge in [-0.2, -0.15) is 5.10 Å². The van der Waals surface area contributed by atoms with Crippen molar-refractivity contribution in [2.75, 3.05) is 5.32 Å². The van der Waals surface area contributed by atoms with E-state index in [2.05, 4.69) is 15.5 Å². The van der Waals surface area contributed by atoms with Crippen LogP contribution in [-0.4, -0.2) is 21.3 Å². The lowest BCUT2D eigenvalue weighted by atomic mass is 10.1. The van der Waals surface area contributed by atoms with Crippen molar-refractivity contribution in [2.24, 2.45) is 0 Å². The van der Waals surface area contributed by atoms with E-state index >= 15 is 0 Å². The monoisotopic (exact) mass is 293 g/mol. The Labute approximate surface area is 119 Å². The molecule has 0 aliphatic heterocycles. The maximum atomic E-state index is 13.5.